The van der Waals surface area contributed by atoms with Crippen LogP contribution in [0.15, 0.2) is 11.6 Å². The van der Waals surface area contributed by atoms with Gasteiger partial charge in [-0.15, -0.1) is 0 Å². The number of carbonyl (C=O) groups is 2. The number of nitrogens with one attached hydrogen (secondary N) is 1. The van der Waals surface area contributed by atoms with Gasteiger partial charge in [0.15, 0.2) is 12.2 Å². The molecule has 0 atom stereocenters. The van der Waals surface area contributed by atoms with E-state index in [2.05, 4.69) is 11.4 Å². The summed E-state index contributed by atoms with van der Waals surface area (Å²) in [7, 11) is 0. The normalized spacial score (nSPS) is 20.9. The third-order valence-electron chi connectivity index (χ3n) is 4.55. The molecule has 1 fully saturated rings. The van der Waals surface area contributed by atoms with Crippen molar-refractivity contribution in [3.8, 4) is 0 Å². The van der Waals surface area contributed by atoms with E-state index in [1.807, 2.05) is 0 Å². The van der Waals surface area contributed by atoms with Crippen LogP contribution in [0.4, 0.5) is 0 Å². The second-order valence-corrected chi connectivity index (χ2v) is 6.38. The maximum Gasteiger partial charge on any atom is 0.338 e. The van der Waals surface area contributed by atoms with Crippen molar-refractivity contribution in [3.63, 3.8) is 0 Å². The van der Waals surface area contributed by atoms with Crippen molar-refractivity contribution in [2.75, 3.05) is 13.2 Å². The van der Waals surface area contributed by atoms with Gasteiger partial charge < -0.3 is 15.2 Å². The number of carbonyl (C=O) groups excluding carboxylic acids is 2. The lowest BCUT2D eigenvalue weighted by Crippen LogP contribution is -2.43. The highest BCUT2D eigenvalue weighted by molar-refractivity contribution is 5.84. The summed E-state index contributed by atoms with van der Waals surface area (Å²) >= 11 is 0. The number of amides is 1. The first-order valence-corrected chi connectivity index (χ1v) is 8.44. The molecule has 0 spiro atoms. The molecule has 0 aliphatic heterocycles. The highest BCUT2D eigenvalue weighted by Crippen LogP contribution is 2.29. The second kappa shape index (κ2) is 8.32. The van der Waals surface area contributed by atoms with Crippen LogP contribution in [-0.4, -0.2) is 35.7 Å². The van der Waals surface area contributed by atoms with Gasteiger partial charge >= 0.3 is 5.97 Å². The number of allylic oxidation sites excluding steroid dienone is 1. The van der Waals surface area contributed by atoms with Gasteiger partial charge in [0.2, 0.25) is 0 Å². The molecule has 124 valence electrons. The molecule has 0 saturated heterocycles. The topological polar surface area (TPSA) is 75.6 Å². The Kier molecular flexibility index (Phi) is 6.43. The van der Waals surface area contributed by atoms with Gasteiger partial charge in [-0.3, -0.25) is 4.79 Å². The van der Waals surface area contributed by atoms with Gasteiger partial charge in [-0.25, -0.2) is 4.79 Å². The first-order valence-electron chi connectivity index (χ1n) is 8.44. The number of aliphatic hydroxyl groups is 1. The van der Waals surface area contributed by atoms with Crippen molar-refractivity contribution in [3.05, 3.63) is 11.6 Å². The van der Waals surface area contributed by atoms with Gasteiger partial charge in [-0.1, -0.05) is 18.1 Å². The molecular formula is C17H27NO4. The van der Waals surface area contributed by atoms with Gasteiger partial charge in [-0.05, 0) is 57.8 Å². The molecule has 0 aromatic rings. The molecule has 0 radical (unpaired) electrons. The van der Waals surface area contributed by atoms with E-state index in [-0.39, 0.29) is 12.5 Å². The molecule has 5 nitrogen and oxygen atoms in total. The van der Waals surface area contributed by atoms with E-state index in [1.165, 1.54) is 18.4 Å². The summed E-state index contributed by atoms with van der Waals surface area (Å²) in [5.74, 6) is -0.957. The molecule has 0 unspecified atom stereocenters. The first kappa shape index (κ1) is 17.0. The summed E-state index contributed by atoms with van der Waals surface area (Å²) in [6.45, 7) is 0.271. The van der Waals surface area contributed by atoms with Crippen LogP contribution in [0.3, 0.4) is 0 Å². The fourth-order valence-electron chi connectivity index (χ4n) is 3.15. The third-order valence-corrected chi connectivity index (χ3v) is 4.55. The number of rotatable bonds is 6. The Bertz CT molecular complexity index is 424. The molecule has 5 heteroatoms. The van der Waals surface area contributed by atoms with Gasteiger partial charge in [0, 0.05) is 6.54 Å². The van der Waals surface area contributed by atoms with E-state index in [0.717, 1.165) is 38.5 Å². The minimum absolute atomic E-state index is 0.302. The highest BCUT2D eigenvalue weighted by atomic mass is 16.6. The first-order chi connectivity index (χ1) is 10.6. The fraction of sp³-hybridized carbons (Fsp3) is 0.765. The molecule has 0 aromatic heterocycles. The molecule has 1 amide bonds. The minimum Gasteiger partial charge on any atom is -0.453 e. The van der Waals surface area contributed by atoms with Gasteiger partial charge in [0.1, 0.15) is 0 Å². The predicted molar refractivity (Wildman–Crippen MR) is 83.2 cm³/mol. The average molecular weight is 309 g/mol. The van der Waals surface area contributed by atoms with Crippen LogP contribution < -0.4 is 5.32 Å². The lowest BCUT2D eigenvalue weighted by atomic mass is 9.85. The summed E-state index contributed by atoms with van der Waals surface area (Å²) in [6, 6.07) is 0. The van der Waals surface area contributed by atoms with Gasteiger partial charge in [-0.2, -0.15) is 0 Å². The summed E-state index contributed by atoms with van der Waals surface area (Å²) in [6.07, 6.45) is 11.4. The summed E-state index contributed by atoms with van der Waals surface area (Å²) in [5, 5.41) is 12.9. The van der Waals surface area contributed by atoms with Crippen molar-refractivity contribution >= 4 is 11.9 Å². The fourth-order valence-corrected chi connectivity index (χ4v) is 3.15. The Labute approximate surface area is 132 Å². The summed E-state index contributed by atoms with van der Waals surface area (Å²) in [5.41, 5.74) is 0.0193. The predicted octanol–water partition coefficient (Wildman–Crippen LogP) is 2.23. The summed E-state index contributed by atoms with van der Waals surface area (Å²) in [4.78, 5) is 23.6. The summed E-state index contributed by atoms with van der Waals surface area (Å²) < 4.78 is 4.97. The Balaban J connectivity index is 1.62. The van der Waals surface area contributed by atoms with Crippen LogP contribution in [0.5, 0.6) is 0 Å². The number of hydrogen-bond acceptors (Lipinski definition) is 4. The zero-order valence-corrected chi connectivity index (χ0v) is 13.2. The van der Waals surface area contributed by atoms with Gasteiger partial charge in [0.25, 0.3) is 5.91 Å². The molecule has 2 rings (SSSR count). The van der Waals surface area contributed by atoms with Crippen LogP contribution in [-0.2, 0) is 14.3 Å². The van der Waals surface area contributed by atoms with Gasteiger partial charge in [0.05, 0.1) is 0 Å². The van der Waals surface area contributed by atoms with Crippen LogP contribution >= 0.6 is 0 Å². The molecule has 1 saturated carbocycles. The number of esters is 1. The monoisotopic (exact) mass is 309 g/mol. The standard InChI is InChI=1S/C17H27NO4/c19-15(18-12-9-14-7-3-1-4-8-14)13-22-16(20)17(21)10-5-2-6-11-17/h7,21H,1-6,8-13H2,(H,18,19). The molecule has 2 N–H and O–H groups in total. The van der Waals surface area contributed by atoms with Crippen molar-refractivity contribution in [1.82, 2.24) is 5.32 Å². The zero-order valence-electron chi connectivity index (χ0n) is 13.2. The minimum atomic E-state index is -1.38. The molecule has 22 heavy (non-hydrogen) atoms. The lowest BCUT2D eigenvalue weighted by molar-refractivity contribution is -0.170. The number of hydrogen-bond donors (Lipinski definition) is 2. The molecule has 0 aromatic carbocycles. The van der Waals surface area contributed by atoms with E-state index >= 15 is 0 Å². The van der Waals surface area contributed by atoms with Crippen molar-refractivity contribution in [2.24, 2.45) is 0 Å². The highest BCUT2D eigenvalue weighted by Gasteiger charge is 2.38. The SMILES string of the molecule is O=C(COC(=O)C1(O)CCCCC1)NCCC1=CCCCC1. The molecule has 0 heterocycles. The Morgan fingerprint density at radius 2 is 1.95 bits per heavy atom. The molecule has 2 aliphatic rings. The van der Waals surface area contributed by atoms with Crippen LogP contribution in [0.25, 0.3) is 0 Å². The van der Waals surface area contributed by atoms with Crippen LogP contribution in [0, 0.1) is 0 Å². The van der Waals surface area contributed by atoms with E-state index in [9.17, 15) is 14.7 Å². The quantitative estimate of drug-likeness (QED) is 0.583. The Hall–Kier alpha value is -1.36. The largest absolute Gasteiger partial charge is 0.453 e. The smallest absolute Gasteiger partial charge is 0.338 e. The second-order valence-electron chi connectivity index (χ2n) is 6.38. The molecular weight excluding hydrogens is 282 g/mol. The Morgan fingerprint density at radius 1 is 1.18 bits per heavy atom. The zero-order chi connectivity index (χ0) is 15.8. The van der Waals surface area contributed by atoms with Crippen LogP contribution in [0.1, 0.15) is 64.2 Å². The van der Waals surface area contributed by atoms with E-state index in [0.29, 0.717) is 19.4 Å². The van der Waals surface area contributed by atoms with Crippen LogP contribution in [0.2, 0.25) is 0 Å². The molecule has 2 aliphatic carbocycles. The van der Waals surface area contributed by atoms with Crippen molar-refractivity contribution in [2.45, 2.75) is 69.8 Å². The van der Waals surface area contributed by atoms with E-state index in [4.69, 9.17) is 4.74 Å². The Morgan fingerprint density at radius 3 is 2.64 bits per heavy atom. The van der Waals surface area contributed by atoms with E-state index < -0.39 is 11.6 Å². The van der Waals surface area contributed by atoms with Crippen molar-refractivity contribution in [1.29, 1.82) is 0 Å². The third kappa shape index (κ3) is 5.13. The number of ether oxygens (including phenoxy) is 1. The maximum absolute atomic E-state index is 11.9. The average Bonchev–Trinajstić information content (AvgIpc) is 2.54. The van der Waals surface area contributed by atoms with Crippen molar-refractivity contribution < 1.29 is 19.4 Å². The maximum atomic E-state index is 11.9. The van der Waals surface area contributed by atoms with E-state index in [1.54, 1.807) is 0 Å². The lowest BCUT2D eigenvalue weighted by Gasteiger charge is -2.29. The molecule has 0 bridgehead atoms.